The molecule has 2 heterocycles. The first kappa shape index (κ1) is 21.9. The first-order valence-corrected chi connectivity index (χ1v) is 10.9. The number of rotatable bonds is 4. The van der Waals surface area contributed by atoms with Crippen LogP contribution in [0.3, 0.4) is 0 Å². The number of halogens is 1. The van der Waals surface area contributed by atoms with Gasteiger partial charge >= 0.3 is 6.09 Å². The maximum Gasteiger partial charge on any atom is 0.409 e. The van der Waals surface area contributed by atoms with Crippen LogP contribution in [0.2, 0.25) is 5.02 Å². The lowest BCUT2D eigenvalue weighted by atomic mass is 10.1. The van der Waals surface area contributed by atoms with Crippen LogP contribution < -0.4 is 0 Å². The van der Waals surface area contributed by atoms with Crippen LogP contribution in [0.5, 0.6) is 5.75 Å². The molecular formula is C24H24ClN3O4. The quantitative estimate of drug-likeness (QED) is 0.625. The van der Waals surface area contributed by atoms with E-state index in [0.29, 0.717) is 54.6 Å². The number of hydrogen-bond donors (Lipinski definition) is 1. The average molecular weight is 454 g/mol. The molecule has 166 valence electrons. The Hall–Kier alpha value is -3.32. The number of benzene rings is 2. The maximum atomic E-state index is 13.1. The molecule has 8 heteroatoms. The largest absolute Gasteiger partial charge is 0.508 e. The molecule has 0 unspecified atom stereocenters. The van der Waals surface area contributed by atoms with Crippen molar-refractivity contribution in [1.82, 2.24) is 14.8 Å². The summed E-state index contributed by atoms with van der Waals surface area (Å²) < 4.78 is 5.17. The van der Waals surface area contributed by atoms with E-state index in [9.17, 15) is 14.7 Å². The van der Waals surface area contributed by atoms with Crippen LogP contribution in [0, 0.1) is 0 Å². The fraction of sp³-hybridized carbons (Fsp3) is 0.292. The van der Waals surface area contributed by atoms with E-state index in [2.05, 4.69) is 4.98 Å². The van der Waals surface area contributed by atoms with Crippen LogP contribution in [0.25, 0.3) is 22.2 Å². The first-order valence-electron chi connectivity index (χ1n) is 10.6. The van der Waals surface area contributed by atoms with Crippen LogP contribution in [-0.4, -0.2) is 64.7 Å². The summed E-state index contributed by atoms with van der Waals surface area (Å²) >= 11 is 6.47. The standard InChI is InChI=1S/C24H24ClN3O4/c1-2-12-32-24(31)28-10-8-27(9-11-28)23(30)17-6-7-19-20(25)15-21(26-22(19)14-17)16-4-3-5-18(29)13-16/h3-7,13-15,29H,2,8-12H2,1H3. The number of carbonyl (C=O) groups is 2. The summed E-state index contributed by atoms with van der Waals surface area (Å²) in [5.74, 6) is 0.0244. The Morgan fingerprint density at radius 2 is 1.81 bits per heavy atom. The lowest BCUT2D eigenvalue weighted by molar-refractivity contribution is 0.0560. The molecule has 4 rings (SSSR count). The number of aromatic nitrogens is 1. The summed E-state index contributed by atoms with van der Waals surface area (Å²) in [6.45, 7) is 4.10. The normalized spacial score (nSPS) is 13.9. The highest BCUT2D eigenvalue weighted by molar-refractivity contribution is 6.35. The monoisotopic (exact) mass is 453 g/mol. The smallest absolute Gasteiger partial charge is 0.409 e. The molecule has 2 aromatic carbocycles. The second-order valence-electron chi connectivity index (χ2n) is 7.67. The molecule has 32 heavy (non-hydrogen) atoms. The fourth-order valence-corrected chi connectivity index (χ4v) is 3.95. The van der Waals surface area contributed by atoms with Gasteiger partial charge < -0.3 is 19.6 Å². The molecule has 0 bridgehead atoms. The van der Waals surface area contributed by atoms with Gasteiger partial charge in [-0.05, 0) is 36.8 Å². The van der Waals surface area contributed by atoms with Crippen molar-refractivity contribution >= 4 is 34.5 Å². The van der Waals surface area contributed by atoms with E-state index in [-0.39, 0.29) is 17.7 Å². The fourth-order valence-electron chi connectivity index (χ4n) is 3.69. The second-order valence-corrected chi connectivity index (χ2v) is 8.07. The lowest BCUT2D eigenvalue weighted by Crippen LogP contribution is -2.50. The van der Waals surface area contributed by atoms with Gasteiger partial charge in [-0.3, -0.25) is 4.79 Å². The molecule has 0 saturated carbocycles. The lowest BCUT2D eigenvalue weighted by Gasteiger charge is -2.34. The van der Waals surface area contributed by atoms with Crippen molar-refractivity contribution < 1.29 is 19.4 Å². The van der Waals surface area contributed by atoms with Crippen molar-refractivity contribution in [3.63, 3.8) is 0 Å². The molecule has 1 saturated heterocycles. The number of nitrogens with zero attached hydrogens (tertiary/aromatic N) is 3. The highest BCUT2D eigenvalue weighted by Crippen LogP contribution is 2.30. The number of piperazine rings is 1. The highest BCUT2D eigenvalue weighted by atomic mass is 35.5. The molecule has 1 fully saturated rings. The van der Waals surface area contributed by atoms with Gasteiger partial charge in [-0.25, -0.2) is 9.78 Å². The van der Waals surface area contributed by atoms with Crippen molar-refractivity contribution in [3.05, 3.63) is 59.1 Å². The zero-order valence-electron chi connectivity index (χ0n) is 17.8. The average Bonchev–Trinajstić information content (AvgIpc) is 2.81. The van der Waals surface area contributed by atoms with Crippen molar-refractivity contribution in [2.75, 3.05) is 32.8 Å². The predicted octanol–water partition coefficient (Wildman–Crippen LogP) is 4.57. The summed E-state index contributed by atoms with van der Waals surface area (Å²) in [6.07, 6.45) is 0.445. The number of phenolic OH excluding ortho intramolecular Hbond substituents is 1. The predicted molar refractivity (Wildman–Crippen MR) is 123 cm³/mol. The van der Waals surface area contributed by atoms with Gasteiger partial charge in [0.1, 0.15) is 5.75 Å². The molecule has 1 N–H and O–H groups in total. The summed E-state index contributed by atoms with van der Waals surface area (Å²) in [4.78, 5) is 33.1. The molecule has 7 nitrogen and oxygen atoms in total. The molecule has 0 spiro atoms. The van der Waals surface area contributed by atoms with Gasteiger partial charge in [-0.2, -0.15) is 0 Å². The van der Waals surface area contributed by atoms with E-state index < -0.39 is 0 Å². The molecule has 1 aliphatic rings. The summed E-state index contributed by atoms with van der Waals surface area (Å²) in [6, 6.07) is 13.8. The Bertz CT molecular complexity index is 1160. The maximum absolute atomic E-state index is 13.1. The third-order valence-electron chi connectivity index (χ3n) is 5.40. The summed E-state index contributed by atoms with van der Waals surface area (Å²) in [5, 5.41) is 11.0. The van der Waals surface area contributed by atoms with E-state index in [1.807, 2.05) is 13.0 Å². The first-order chi connectivity index (χ1) is 15.5. The zero-order chi connectivity index (χ0) is 22.7. The highest BCUT2D eigenvalue weighted by Gasteiger charge is 2.26. The number of aromatic hydroxyl groups is 1. The van der Waals surface area contributed by atoms with Crippen molar-refractivity contribution in [2.24, 2.45) is 0 Å². The zero-order valence-corrected chi connectivity index (χ0v) is 18.5. The molecule has 0 radical (unpaired) electrons. The molecule has 0 atom stereocenters. The summed E-state index contributed by atoms with van der Waals surface area (Å²) in [7, 11) is 0. The Balaban J connectivity index is 1.53. The Morgan fingerprint density at radius 1 is 1.06 bits per heavy atom. The number of amides is 2. The Labute approximate surface area is 191 Å². The van der Waals surface area contributed by atoms with Crippen LogP contribution in [0.15, 0.2) is 48.5 Å². The minimum absolute atomic E-state index is 0.117. The van der Waals surface area contributed by atoms with Crippen LogP contribution in [0.1, 0.15) is 23.7 Å². The van der Waals surface area contributed by atoms with E-state index >= 15 is 0 Å². The molecule has 1 aromatic heterocycles. The third-order valence-corrected chi connectivity index (χ3v) is 5.72. The SMILES string of the molecule is CCCOC(=O)N1CCN(C(=O)c2ccc3c(Cl)cc(-c4cccc(O)c4)nc3c2)CC1. The number of phenols is 1. The number of ether oxygens (including phenoxy) is 1. The molecule has 3 aromatic rings. The minimum Gasteiger partial charge on any atom is -0.508 e. The van der Waals surface area contributed by atoms with Crippen LogP contribution >= 0.6 is 11.6 Å². The van der Waals surface area contributed by atoms with Crippen molar-refractivity contribution in [2.45, 2.75) is 13.3 Å². The second kappa shape index (κ2) is 9.44. The molecule has 2 amide bonds. The Kier molecular flexibility index (Phi) is 6.46. The molecule has 0 aliphatic carbocycles. The van der Waals surface area contributed by atoms with Gasteiger partial charge in [0.25, 0.3) is 5.91 Å². The Morgan fingerprint density at radius 3 is 2.53 bits per heavy atom. The third kappa shape index (κ3) is 4.62. The van der Waals surface area contributed by atoms with Crippen molar-refractivity contribution in [3.8, 4) is 17.0 Å². The van der Waals surface area contributed by atoms with Gasteiger partial charge in [0.05, 0.1) is 22.8 Å². The minimum atomic E-state index is -0.331. The van der Waals surface area contributed by atoms with E-state index in [1.165, 1.54) is 0 Å². The van der Waals surface area contributed by atoms with E-state index in [0.717, 1.165) is 17.4 Å². The van der Waals surface area contributed by atoms with Gasteiger partial charge in [0.2, 0.25) is 0 Å². The van der Waals surface area contributed by atoms with Gasteiger partial charge in [0.15, 0.2) is 0 Å². The van der Waals surface area contributed by atoms with Crippen molar-refractivity contribution in [1.29, 1.82) is 0 Å². The van der Waals surface area contributed by atoms with Gasteiger partial charge in [-0.1, -0.05) is 36.7 Å². The number of hydrogen-bond acceptors (Lipinski definition) is 5. The van der Waals surface area contributed by atoms with Gasteiger partial charge in [0, 0.05) is 42.7 Å². The van der Waals surface area contributed by atoms with E-state index in [1.54, 1.807) is 52.3 Å². The molecular weight excluding hydrogens is 430 g/mol. The number of carbonyl (C=O) groups excluding carboxylic acids is 2. The molecule has 1 aliphatic heterocycles. The number of pyridine rings is 1. The topological polar surface area (TPSA) is 83.0 Å². The van der Waals surface area contributed by atoms with Crippen LogP contribution in [-0.2, 0) is 4.74 Å². The summed E-state index contributed by atoms with van der Waals surface area (Å²) in [5.41, 5.74) is 2.46. The van der Waals surface area contributed by atoms with Crippen LogP contribution in [0.4, 0.5) is 4.79 Å². The van der Waals surface area contributed by atoms with Gasteiger partial charge in [-0.15, -0.1) is 0 Å². The number of fused-ring (bicyclic) bond motifs is 1. The van der Waals surface area contributed by atoms with E-state index in [4.69, 9.17) is 16.3 Å².